The quantitative estimate of drug-likeness (QED) is 0.652. The van der Waals surface area contributed by atoms with Crippen LogP contribution in [0.25, 0.3) is 0 Å². The summed E-state index contributed by atoms with van der Waals surface area (Å²) in [5, 5.41) is 0. The first kappa shape index (κ1) is 14.8. The number of rotatable bonds is 6. The van der Waals surface area contributed by atoms with Crippen LogP contribution in [0.3, 0.4) is 0 Å². The molecule has 0 saturated heterocycles. The summed E-state index contributed by atoms with van der Waals surface area (Å²) in [6.07, 6.45) is 3.61. The number of aromatic nitrogens is 1. The Morgan fingerprint density at radius 1 is 1.29 bits per heavy atom. The van der Waals surface area contributed by atoms with E-state index in [2.05, 4.69) is 4.98 Å². The molecule has 21 heavy (non-hydrogen) atoms. The van der Waals surface area contributed by atoms with Crippen LogP contribution in [-0.4, -0.2) is 17.6 Å². The summed E-state index contributed by atoms with van der Waals surface area (Å²) in [6.45, 7) is 2.40. The minimum Gasteiger partial charge on any atom is -0.491 e. The first-order valence-corrected chi connectivity index (χ1v) is 6.68. The SMILES string of the molecule is Cc1cncc(COC(=O)CCOc2ccccc2N)c1. The summed E-state index contributed by atoms with van der Waals surface area (Å²) in [5.41, 5.74) is 8.20. The van der Waals surface area contributed by atoms with Gasteiger partial charge in [0, 0.05) is 18.0 Å². The number of carbonyl (C=O) groups excluding carboxylic acids is 1. The monoisotopic (exact) mass is 286 g/mol. The normalized spacial score (nSPS) is 10.1. The van der Waals surface area contributed by atoms with Crippen LogP contribution in [0.1, 0.15) is 17.5 Å². The van der Waals surface area contributed by atoms with E-state index >= 15 is 0 Å². The molecule has 0 aliphatic carbocycles. The summed E-state index contributed by atoms with van der Waals surface area (Å²) >= 11 is 0. The van der Waals surface area contributed by atoms with E-state index in [1.165, 1.54) is 0 Å². The lowest BCUT2D eigenvalue weighted by Gasteiger charge is -2.08. The third-order valence-corrected chi connectivity index (χ3v) is 2.81. The molecule has 0 saturated carbocycles. The topological polar surface area (TPSA) is 74.4 Å². The van der Waals surface area contributed by atoms with Crippen molar-refractivity contribution in [3.8, 4) is 5.75 Å². The molecule has 0 atom stereocenters. The van der Waals surface area contributed by atoms with Crippen LogP contribution in [0.4, 0.5) is 5.69 Å². The van der Waals surface area contributed by atoms with Crippen molar-refractivity contribution in [2.24, 2.45) is 0 Å². The van der Waals surface area contributed by atoms with E-state index in [0.717, 1.165) is 11.1 Å². The zero-order valence-electron chi connectivity index (χ0n) is 11.9. The molecule has 1 aromatic heterocycles. The molecule has 0 amide bonds. The second kappa shape index (κ2) is 7.28. The minimum atomic E-state index is -0.314. The largest absolute Gasteiger partial charge is 0.491 e. The fourth-order valence-corrected chi connectivity index (χ4v) is 1.79. The number of hydrogen-bond acceptors (Lipinski definition) is 5. The number of esters is 1. The number of ether oxygens (including phenoxy) is 2. The van der Waals surface area contributed by atoms with Gasteiger partial charge in [0.05, 0.1) is 18.7 Å². The summed E-state index contributed by atoms with van der Waals surface area (Å²) in [4.78, 5) is 15.7. The van der Waals surface area contributed by atoms with Gasteiger partial charge < -0.3 is 15.2 Å². The molecule has 2 rings (SSSR count). The van der Waals surface area contributed by atoms with Crippen molar-refractivity contribution in [3.63, 3.8) is 0 Å². The molecule has 0 aliphatic heterocycles. The standard InChI is InChI=1S/C16H18N2O3/c1-12-8-13(10-18-9-12)11-21-16(19)6-7-20-15-5-3-2-4-14(15)17/h2-5,8-10H,6-7,11,17H2,1H3. The molecule has 0 spiro atoms. The summed E-state index contributed by atoms with van der Waals surface area (Å²) in [7, 11) is 0. The Morgan fingerprint density at radius 2 is 2.10 bits per heavy atom. The number of nitrogens with zero attached hydrogens (tertiary/aromatic N) is 1. The van der Waals surface area contributed by atoms with Gasteiger partial charge in [-0.3, -0.25) is 9.78 Å². The first-order valence-electron chi connectivity index (χ1n) is 6.68. The molecular formula is C16H18N2O3. The molecule has 0 unspecified atom stereocenters. The molecule has 0 radical (unpaired) electrons. The Kier molecular flexibility index (Phi) is 5.15. The molecule has 1 aromatic carbocycles. The van der Waals surface area contributed by atoms with Gasteiger partial charge in [-0.2, -0.15) is 0 Å². The van der Waals surface area contributed by atoms with Gasteiger partial charge in [0.15, 0.2) is 0 Å². The molecule has 1 heterocycles. The van der Waals surface area contributed by atoms with Gasteiger partial charge in [-0.25, -0.2) is 0 Å². The van der Waals surface area contributed by atoms with Gasteiger partial charge in [0.25, 0.3) is 0 Å². The predicted molar refractivity (Wildman–Crippen MR) is 79.7 cm³/mol. The maximum atomic E-state index is 11.6. The zero-order chi connectivity index (χ0) is 15.1. The average molecular weight is 286 g/mol. The maximum absolute atomic E-state index is 11.6. The fourth-order valence-electron chi connectivity index (χ4n) is 1.79. The van der Waals surface area contributed by atoms with E-state index in [1.54, 1.807) is 24.5 Å². The zero-order valence-corrected chi connectivity index (χ0v) is 11.9. The maximum Gasteiger partial charge on any atom is 0.309 e. The van der Waals surface area contributed by atoms with Gasteiger partial charge in [-0.15, -0.1) is 0 Å². The lowest BCUT2D eigenvalue weighted by Crippen LogP contribution is -2.10. The van der Waals surface area contributed by atoms with E-state index in [0.29, 0.717) is 11.4 Å². The van der Waals surface area contributed by atoms with Gasteiger partial charge in [0.1, 0.15) is 12.4 Å². The third kappa shape index (κ3) is 4.80. The highest BCUT2D eigenvalue weighted by atomic mass is 16.5. The van der Waals surface area contributed by atoms with Crippen LogP contribution in [0.15, 0.2) is 42.7 Å². The Labute approximate surface area is 123 Å². The molecule has 2 N–H and O–H groups in total. The van der Waals surface area contributed by atoms with Crippen molar-refractivity contribution in [1.29, 1.82) is 0 Å². The number of nitrogens with two attached hydrogens (primary N) is 1. The Bertz CT molecular complexity index is 614. The fraction of sp³-hybridized carbons (Fsp3) is 0.250. The number of aryl methyl sites for hydroxylation is 1. The number of hydrogen-bond donors (Lipinski definition) is 1. The summed E-state index contributed by atoms with van der Waals surface area (Å²) in [5.74, 6) is 0.263. The van der Waals surface area contributed by atoms with Gasteiger partial charge >= 0.3 is 5.97 Å². The molecule has 2 aromatic rings. The van der Waals surface area contributed by atoms with Crippen molar-refractivity contribution in [2.75, 3.05) is 12.3 Å². The van der Waals surface area contributed by atoms with E-state index in [1.807, 2.05) is 25.1 Å². The number of anilines is 1. The highest BCUT2D eigenvalue weighted by Gasteiger charge is 2.05. The number of para-hydroxylation sites is 2. The van der Waals surface area contributed by atoms with Crippen molar-refractivity contribution < 1.29 is 14.3 Å². The number of pyridine rings is 1. The smallest absolute Gasteiger partial charge is 0.309 e. The molecule has 5 heteroatoms. The van der Waals surface area contributed by atoms with Crippen LogP contribution in [0.5, 0.6) is 5.75 Å². The van der Waals surface area contributed by atoms with Crippen LogP contribution in [-0.2, 0) is 16.1 Å². The predicted octanol–water partition coefficient (Wildman–Crippen LogP) is 2.48. The van der Waals surface area contributed by atoms with E-state index in [4.69, 9.17) is 15.2 Å². The summed E-state index contributed by atoms with van der Waals surface area (Å²) < 4.78 is 10.6. The van der Waals surface area contributed by atoms with E-state index < -0.39 is 0 Å². The Morgan fingerprint density at radius 3 is 2.86 bits per heavy atom. The van der Waals surface area contributed by atoms with Crippen LogP contribution in [0, 0.1) is 6.92 Å². The molecule has 0 fully saturated rings. The number of nitrogen functional groups attached to an aromatic ring is 1. The third-order valence-electron chi connectivity index (χ3n) is 2.81. The van der Waals surface area contributed by atoms with Gasteiger partial charge in [-0.05, 0) is 30.7 Å². The lowest BCUT2D eigenvalue weighted by molar-refractivity contribution is -0.145. The first-order chi connectivity index (χ1) is 10.1. The molecule has 110 valence electrons. The molecular weight excluding hydrogens is 268 g/mol. The van der Waals surface area contributed by atoms with Gasteiger partial charge in [-0.1, -0.05) is 12.1 Å². The summed E-state index contributed by atoms with van der Waals surface area (Å²) in [6, 6.07) is 9.10. The average Bonchev–Trinajstić information content (AvgIpc) is 2.47. The van der Waals surface area contributed by atoms with Crippen molar-refractivity contribution >= 4 is 11.7 Å². The minimum absolute atomic E-state index is 0.174. The van der Waals surface area contributed by atoms with Crippen molar-refractivity contribution in [1.82, 2.24) is 4.98 Å². The van der Waals surface area contributed by atoms with Crippen molar-refractivity contribution in [3.05, 3.63) is 53.9 Å². The number of carbonyl (C=O) groups is 1. The lowest BCUT2D eigenvalue weighted by atomic mass is 10.2. The van der Waals surface area contributed by atoms with E-state index in [-0.39, 0.29) is 25.6 Å². The second-order valence-corrected chi connectivity index (χ2v) is 4.67. The van der Waals surface area contributed by atoms with Gasteiger partial charge in [0.2, 0.25) is 0 Å². The highest BCUT2D eigenvalue weighted by Crippen LogP contribution is 2.19. The van der Waals surface area contributed by atoms with Crippen LogP contribution < -0.4 is 10.5 Å². The molecule has 0 aliphatic rings. The van der Waals surface area contributed by atoms with Crippen molar-refractivity contribution in [2.45, 2.75) is 20.0 Å². The van der Waals surface area contributed by atoms with Crippen LogP contribution >= 0.6 is 0 Å². The molecule has 0 bridgehead atoms. The number of benzene rings is 1. The molecule has 5 nitrogen and oxygen atoms in total. The highest BCUT2D eigenvalue weighted by molar-refractivity contribution is 5.69. The Balaban J connectivity index is 1.72. The Hall–Kier alpha value is -2.56. The van der Waals surface area contributed by atoms with Crippen LogP contribution in [0.2, 0.25) is 0 Å². The second-order valence-electron chi connectivity index (χ2n) is 4.67. The van der Waals surface area contributed by atoms with E-state index in [9.17, 15) is 4.79 Å².